The molecule has 1 aliphatic rings. The molecule has 150 valence electrons. The highest BCUT2D eigenvalue weighted by atomic mass is 32.2. The third-order valence-corrected chi connectivity index (χ3v) is 6.07. The first kappa shape index (κ1) is 20.6. The monoisotopic (exact) mass is 400 g/mol. The number of sulfone groups is 1. The molecule has 1 amide bonds. The highest BCUT2D eigenvalue weighted by Gasteiger charge is 2.21. The SMILES string of the molecule is CS(=O)(=O)CCC(=O)NC1CCN(Cc2ccc(-c3ccccc3)cc2)CC1. The number of hydrogen-bond donors (Lipinski definition) is 1. The highest BCUT2D eigenvalue weighted by Crippen LogP contribution is 2.20. The molecule has 2 aromatic carbocycles. The number of benzene rings is 2. The number of nitrogens with zero attached hydrogens (tertiary/aromatic N) is 1. The fourth-order valence-corrected chi connectivity index (χ4v) is 4.06. The molecule has 0 aliphatic carbocycles. The van der Waals surface area contributed by atoms with Crippen molar-refractivity contribution < 1.29 is 13.2 Å². The number of rotatable bonds is 7. The number of likely N-dealkylation sites (tertiary alicyclic amines) is 1. The van der Waals surface area contributed by atoms with E-state index in [0.717, 1.165) is 38.7 Å². The van der Waals surface area contributed by atoms with Gasteiger partial charge in [0, 0.05) is 38.4 Å². The number of nitrogens with one attached hydrogen (secondary N) is 1. The van der Waals surface area contributed by atoms with E-state index in [1.807, 2.05) is 18.2 Å². The molecular formula is C22H28N2O3S. The molecule has 0 radical (unpaired) electrons. The maximum Gasteiger partial charge on any atom is 0.221 e. The average molecular weight is 401 g/mol. The number of carbonyl (C=O) groups excluding carboxylic acids is 1. The molecule has 0 bridgehead atoms. The lowest BCUT2D eigenvalue weighted by molar-refractivity contribution is -0.121. The summed E-state index contributed by atoms with van der Waals surface area (Å²) in [6.07, 6.45) is 3.00. The van der Waals surface area contributed by atoms with Crippen molar-refractivity contribution in [1.29, 1.82) is 0 Å². The number of carbonyl (C=O) groups is 1. The molecular weight excluding hydrogens is 372 g/mol. The Bertz CT molecular complexity index is 872. The summed E-state index contributed by atoms with van der Waals surface area (Å²) in [5.41, 5.74) is 3.73. The van der Waals surface area contributed by atoms with E-state index in [9.17, 15) is 13.2 Å². The van der Waals surface area contributed by atoms with E-state index in [-0.39, 0.29) is 24.1 Å². The summed E-state index contributed by atoms with van der Waals surface area (Å²) in [7, 11) is -3.09. The van der Waals surface area contributed by atoms with Gasteiger partial charge in [0.2, 0.25) is 5.91 Å². The van der Waals surface area contributed by atoms with Crippen LogP contribution in [0.15, 0.2) is 54.6 Å². The normalized spacial score (nSPS) is 16.0. The lowest BCUT2D eigenvalue weighted by Gasteiger charge is -2.32. The molecule has 1 fully saturated rings. The predicted octanol–water partition coefficient (Wildman–Crippen LogP) is 2.87. The van der Waals surface area contributed by atoms with Crippen molar-refractivity contribution in [1.82, 2.24) is 10.2 Å². The fourth-order valence-electron chi connectivity index (χ4n) is 3.50. The van der Waals surface area contributed by atoms with Crippen molar-refractivity contribution in [3.63, 3.8) is 0 Å². The topological polar surface area (TPSA) is 66.5 Å². The molecule has 6 heteroatoms. The third-order valence-electron chi connectivity index (χ3n) is 5.12. The zero-order valence-corrected chi connectivity index (χ0v) is 17.1. The van der Waals surface area contributed by atoms with Crippen molar-refractivity contribution in [2.24, 2.45) is 0 Å². The van der Waals surface area contributed by atoms with E-state index in [4.69, 9.17) is 0 Å². The molecule has 3 rings (SSSR count). The van der Waals surface area contributed by atoms with Crippen molar-refractivity contribution in [2.75, 3.05) is 25.1 Å². The van der Waals surface area contributed by atoms with Crippen molar-refractivity contribution in [2.45, 2.75) is 31.8 Å². The van der Waals surface area contributed by atoms with E-state index >= 15 is 0 Å². The first-order valence-electron chi connectivity index (χ1n) is 9.73. The van der Waals surface area contributed by atoms with Gasteiger partial charge in [0.05, 0.1) is 5.75 Å². The largest absolute Gasteiger partial charge is 0.353 e. The van der Waals surface area contributed by atoms with E-state index in [1.54, 1.807) is 0 Å². The second kappa shape index (κ2) is 9.34. The van der Waals surface area contributed by atoms with Gasteiger partial charge in [-0.2, -0.15) is 0 Å². The van der Waals surface area contributed by atoms with Crippen LogP contribution in [0.1, 0.15) is 24.8 Å². The molecule has 1 heterocycles. The van der Waals surface area contributed by atoms with E-state index in [0.29, 0.717) is 0 Å². The fraction of sp³-hybridized carbons (Fsp3) is 0.409. The van der Waals surface area contributed by atoms with Gasteiger partial charge in [0.25, 0.3) is 0 Å². The van der Waals surface area contributed by atoms with Crippen LogP contribution in [0.4, 0.5) is 0 Å². The molecule has 28 heavy (non-hydrogen) atoms. The van der Waals surface area contributed by atoms with Gasteiger partial charge < -0.3 is 5.32 Å². The Hall–Kier alpha value is -2.18. The summed E-state index contributed by atoms with van der Waals surface area (Å²) in [6, 6.07) is 19.2. The lowest BCUT2D eigenvalue weighted by Crippen LogP contribution is -2.44. The van der Waals surface area contributed by atoms with Gasteiger partial charge in [-0.15, -0.1) is 0 Å². The first-order valence-corrected chi connectivity index (χ1v) is 11.8. The van der Waals surface area contributed by atoms with Crippen LogP contribution < -0.4 is 5.32 Å². The molecule has 2 aromatic rings. The number of hydrogen-bond acceptors (Lipinski definition) is 4. The van der Waals surface area contributed by atoms with Crippen LogP contribution in [0.2, 0.25) is 0 Å². The minimum Gasteiger partial charge on any atom is -0.353 e. The van der Waals surface area contributed by atoms with Gasteiger partial charge in [0.15, 0.2) is 0 Å². The molecule has 0 atom stereocenters. The van der Waals surface area contributed by atoms with Crippen LogP contribution in [0.5, 0.6) is 0 Å². The minimum absolute atomic E-state index is 0.0484. The van der Waals surface area contributed by atoms with E-state index < -0.39 is 9.84 Å². The molecule has 1 saturated heterocycles. The smallest absolute Gasteiger partial charge is 0.221 e. The zero-order valence-electron chi connectivity index (χ0n) is 16.3. The number of amides is 1. The van der Waals surface area contributed by atoms with Gasteiger partial charge in [0.1, 0.15) is 9.84 Å². The molecule has 0 spiro atoms. The highest BCUT2D eigenvalue weighted by molar-refractivity contribution is 7.90. The molecule has 0 saturated carbocycles. The van der Waals surface area contributed by atoms with Crippen LogP contribution in [0.25, 0.3) is 11.1 Å². The molecule has 0 aromatic heterocycles. The Morgan fingerprint density at radius 1 is 1.00 bits per heavy atom. The van der Waals surface area contributed by atoms with E-state index in [1.165, 1.54) is 16.7 Å². The maximum atomic E-state index is 11.9. The summed E-state index contributed by atoms with van der Waals surface area (Å²) < 4.78 is 22.3. The molecule has 1 aliphatic heterocycles. The predicted molar refractivity (Wildman–Crippen MR) is 113 cm³/mol. The molecule has 5 nitrogen and oxygen atoms in total. The second-order valence-electron chi connectivity index (χ2n) is 7.56. The third kappa shape index (κ3) is 6.46. The molecule has 0 unspecified atom stereocenters. The summed E-state index contributed by atoms with van der Waals surface area (Å²) in [6.45, 7) is 2.76. The second-order valence-corrected chi connectivity index (χ2v) is 9.82. The Labute approximate surface area is 167 Å². The quantitative estimate of drug-likeness (QED) is 0.776. The van der Waals surface area contributed by atoms with Crippen molar-refractivity contribution in [3.05, 3.63) is 60.2 Å². The lowest BCUT2D eigenvalue weighted by atomic mass is 10.0. The Kier molecular flexibility index (Phi) is 6.86. The summed E-state index contributed by atoms with van der Waals surface area (Å²) in [5.74, 6) is -0.253. The standard InChI is InChI=1S/C22H28N2O3S/c1-28(26,27)16-13-22(25)23-21-11-14-24(15-12-21)17-18-7-9-20(10-8-18)19-5-3-2-4-6-19/h2-10,21H,11-17H2,1H3,(H,23,25). The summed E-state index contributed by atoms with van der Waals surface area (Å²) in [4.78, 5) is 14.3. The Morgan fingerprint density at radius 3 is 2.21 bits per heavy atom. The zero-order chi connectivity index (χ0) is 20.0. The Morgan fingerprint density at radius 2 is 1.61 bits per heavy atom. The summed E-state index contributed by atoms with van der Waals surface area (Å²) in [5, 5.41) is 2.97. The maximum absolute atomic E-state index is 11.9. The van der Waals surface area contributed by atoms with Gasteiger partial charge in [-0.05, 0) is 29.5 Å². The number of piperidine rings is 1. The van der Waals surface area contributed by atoms with Crippen LogP contribution >= 0.6 is 0 Å². The van der Waals surface area contributed by atoms with Crippen molar-refractivity contribution in [3.8, 4) is 11.1 Å². The van der Waals surface area contributed by atoms with Gasteiger partial charge in [-0.25, -0.2) is 8.42 Å². The van der Waals surface area contributed by atoms with Crippen LogP contribution in [-0.2, 0) is 21.2 Å². The molecule has 1 N–H and O–H groups in total. The van der Waals surface area contributed by atoms with Crippen LogP contribution in [0, 0.1) is 0 Å². The van der Waals surface area contributed by atoms with Gasteiger partial charge >= 0.3 is 0 Å². The first-order chi connectivity index (χ1) is 13.4. The van der Waals surface area contributed by atoms with Gasteiger partial charge in [-0.1, -0.05) is 54.6 Å². The summed E-state index contributed by atoms with van der Waals surface area (Å²) >= 11 is 0. The minimum atomic E-state index is -3.09. The van der Waals surface area contributed by atoms with Crippen molar-refractivity contribution >= 4 is 15.7 Å². The Balaban J connectivity index is 1.43. The van der Waals surface area contributed by atoms with E-state index in [2.05, 4.69) is 46.6 Å². The van der Waals surface area contributed by atoms with Crippen LogP contribution in [-0.4, -0.2) is 50.4 Å². The average Bonchev–Trinajstić information content (AvgIpc) is 2.69. The van der Waals surface area contributed by atoms with Crippen LogP contribution in [0.3, 0.4) is 0 Å². The van der Waals surface area contributed by atoms with Gasteiger partial charge in [-0.3, -0.25) is 9.69 Å².